The minimum Gasteiger partial charge on any atom is -0.240 e. The third kappa shape index (κ3) is 2.34. The van der Waals surface area contributed by atoms with Crippen molar-refractivity contribution in [3.63, 3.8) is 0 Å². The van der Waals surface area contributed by atoms with Gasteiger partial charge in [-0.15, -0.1) is 11.3 Å². The molecular weight excluding hydrogens is 342 g/mol. The Morgan fingerprint density at radius 3 is 2.52 bits per heavy atom. The number of halogens is 1. The van der Waals surface area contributed by atoms with Crippen LogP contribution in [-0.4, -0.2) is 4.98 Å². The summed E-state index contributed by atoms with van der Waals surface area (Å²) >= 11 is 5.32. The van der Waals surface area contributed by atoms with Gasteiger partial charge < -0.3 is 0 Å². The summed E-state index contributed by atoms with van der Waals surface area (Å²) in [6, 6.07) is 19.1. The average molecular weight is 356 g/mol. The molecule has 1 aliphatic rings. The van der Waals surface area contributed by atoms with E-state index >= 15 is 0 Å². The molecule has 0 N–H and O–H groups in total. The summed E-state index contributed by atoms with van der Waals surface area (Å²) in [5, 5.41) is 3.43. The fourth-order valence-corrected chi connectivity index (χ4v) is 4.29. The van der Waals surface area contributed by atoms with E-state index in [1.807, 2.05) is 6.07 Å². The Balaban J connectivity index is 1.72. The van der Waals surface area contributed by atoms with Crippen molar-refractivity contribution < 1.29 is 0 Å². The fraction of sp³-hybridized carbons (Fsp3) is 0.167. The van der Waals surface area contributed by atoms with Gasteiger partial charge in [-0.25, -0.2) is 4.98 Å². The Kier molecular flexibility index (Phi) is 3.20. The minimum atomic E-state index is 0.177. The zero-order valence-corrected chi connectivity index (χ0v) is 13.8. The molecule has 1 aromatic heterocycles. The largest absolute Gasteiger partial charge is 0.240 e. The molecule has 0 amide bonds. The Morgan fingerprint density at radius 2 is 1.81 bits per heavy atom. The lowest BCUT2D eigenvalue weighted by Crippen LogP contribution is -2.07. The van der Waals surface area contributed by atoms with Crippen LogP contribution in [0, 0.1) is 0 Å². The highest BCUT2D eigenvalue weighted by Gasteiger charge is 2.48. The maximum Gasteiger partial charge on any atom is 0.104 e. The number of nitrogens with zero attached hydrogens (tertiary/aromatic N) is 1. The van der Waals surface area contributed by atoms with Gasteiger partial charge in [-0.1, -0.05) is 58.4 Å². The van der Waals surface area contributed by atoms with Crippen LogP contribution in [0.15, 0.2) is 64.5 Å². The molecule has 1 saturated carbocycles. The van der Waals surface area contributed by atoms with E-state index in [4.69, 9.17) is 4.98 Å². The summed E-state index contributed by atoms with van der Waals surface area (Å²) in [4.78, 5) is 4.93. The average Bonchev–Trinajstić information content (AvgIpc) is 3.18. The van der Waals surface area contributed by atoms with E-state index in [0.29, 0.717) is 0 Å². The molecule has 3 heteroatoms. The van der Waals surface area contributed by atoms with Gasteiger partial charge in [-0.3, -0.25) is 0 Å². The van der Waals surface area contributed by atoms with E-state index in [1.165, 1.54) is 29.0 Å². The van der Waals surface area contributed by atoms with Gasteiger partial charge in [0, 0.05) is 20.8 Å². The number of thiazole rings is 1. The lowest BCUT2D eigenvalue weighted by atomic mass is 9.97. The normalized spacial score (nSPS) is 15.9. The van der Waals surface area contributed by atoms with Crippen molar-refractivity contribution in [2.24, 2.45) is 0 Å². The lowest BCUT2D eigenvalue weighted by molar-refractivity contribution is 0.834. The van der Waals surface area contributed by atoms with Crippen LogP contribution in [-0.2, 0) is 5.41 Å². The number of benzene rings is 2. The smallest absolute Gasteiger partial charge is 0.104 e. The molecule has 3 aromatic rings. The first-order valence-corrected chi connectivity index (χ1v) is 8.73. The molecule has 0 saturated heterocycles. The highest BCUT2D eigenvalue weighted by atomic mass is 79.9. The van der Waals surface area contributed by atoms with E-state index in [2.05, 4.69) is 69.8 Å². The van der Waals surface area contributed by atoms with Gasteiger partial charge in [0.25, 0.3) is 0 Å². The molecule has 1 fully saturated rings. The van der Waals surface area contributed by atoms with Crippen LogP contribution in [0.1, 0.15) is 23.4 Å². The first-order chi connectivity index (χ1) is 10.3. The van der Waals surface area contributed by atoms with Crippen molar-refractivity contribution in [3.05, 3.63) is 75.0 Å². The summed E-state index contributed by atoms with van der Waals surface area (Å²) in [7, 11) is 0. The topological polar surface area (TPSA) is 12.9 Å². The number of hydrogen-bond acceptors (Lipinski definition) is 2. The van der Waals surface area contributed by atoms with Crippen LogP contribution in [0.3, 0.4) is 0 Å². The van der Waals surface area contributed by atoms with Gasteiger partial charge in [0.2, 0.25) is 0 Å². The third-order valence-corrected chi connectivity index (χ3v) is 5.65. The van der Waals surface area contributed by atoms with Crippen molar-refractivity contribution in [2.45, 2.75) is 18.3 Å². The molecule has 21 heavy (non-hydrogen) atoms. The van der Waals surface area contributed by atoms with Crippen molar-refractivity contribution >= 4 is 27.3 Å². The standard InChI is InChI=1S/C18H14BrNS/c19-15-8-4-5-13(11-15)16-12-21-17(20-16)18(9-10-18)14-6-2-1-3-7-14/h1-8,11-12H,9-10H2. The highest BCUT2D eigenvalue weighted by Crippen LogP contribution is 2.54. The molecule has 1 heterocycles. The van der Waals surface area contributed by atoms with Gasteiger partial charge in [-0.05, 0) is 30.5 Å². The van der Waals surface area contributed by atoms with Crippen LogP contribution in [0.25, 0.3) is 11.3 Å². The summed E-state index contributed by atoms with van der Waals surface area (Å²) in [5.74, 6) is 0. The van der Waals surface area contributed by atoms with Crippen LogP contribution < -0.4 is 0 Å². The maximum absolute atomic E-state index is 4.93. The van der Waals surface area contributed by atoms with Crippen LogP contribution >= 0.6 is 27.3 Å². The second kappa shape index (κ2) is 5.08. The number of rotatable bonds is 3. The maximum atomic E-state index is 4.93. The fourth-order valence-electron chi connectivity index (χ4n) is 2.78. The van der Waals surface area contributed by atoms with E-state index < -0.39 is 0 Å². The van der Waals surface area contributed by atoms with Crippen LogP contribution in [0.4, 0.5) is 0 Å². The second-order valence-corrected chi connectivity index (χ2v) is 7.27. The first-order valence-electron chi connectivity index (χ1n) is 7.05. The molecule has 0 radical (unpaired) electrons. The molecular formula is C18H14BrNS. The van der Waals surface area contributed by atoms with E-state index in [-0.39, 0.29) is 5.41 Å². The molecule has 1 aliphatic carbocycles. The summed E-state index contributed by atoms with van der Waals surface area (Å²) < 4.78 is 1.10. The third-order valence-electron chi connectivity index (χ3n) is 4.11. The number of hydrogen-bond donors (Lipinski definition) is 0. The van der Waals surface area contributed by atoms with Gasteiger partial charge >= 0.3 is 0 Å². The van der Waals surface area contributed by atoms with Gasteiger partial charge in [-0.2, -0.15) is 0 Å². The predicted octanol–water partition coefficient (Wildman–Crippen LogP) is 5.65. The number of aromatic nitrogens is 1. The van der Waals surface area contributed by atoms with Crippen molar-refractivity contribution in [2.75, 3.05) is 0 Å². The monoisotopic (exact) mass is 355 g/mol. The van der Waals surface area contributed by atoms with Crippen molar-refractivity contribution in [1.29, 1.82) is 0 Å². The van der Waals surface area contributed by atoms with Gasteiger partial charge in [0.1, 0.15) is 5.01 Å². The second-order valence-electron chi connectivity index (χ2n) is 5.50. The molecule has 0 unspecified atom stereocenters. The molecule has 0 spiro atoms. The molecule has 0 bridgehead atoms. The molecule has 4 rings (SSSR count). The zero-order valence-electron chi connectivity index (χ0n) is 11.4. The van der Waals surface area contributed by atoms with Crippen LogP contribution in [0.2, 0.25) is 0 Å². The molecule has 104 valence electrons. The Labute approximate surface area is 136 Å². The lowest BCUT2D eigenvalue weighted by Gasteiger charge is -2.12. The van der Waals surface area contributed by atoms with Gasteiger partial charge in [0.15, 0.2) is 0 Å². The SMILES string of the molecule is Brc1cccc(-c2csc(C3(c4ccccc4)CC3)n2)c1. The highest BCUT2D eigenvalue weighted by molar-refractivity contribution is 9.10. The Hall–Kier alpha value is -1.45. The van der Waals surface area contributed by atoms with E-state index in [1.54, 1.807) is 11.3 Å². The summed E-state index contributed by atoms with van der Waals surface area (Å²) in [5.41, 5.74) is 3.84. The molecule has 0 atom stereocenters. The zero-order chi connectivity index (χ0) is 14.3. The Bertz CT molecular complexity index is 775. The van der Waals surface area contributed by atoms with Crippen LogP contribution in [0.5, 0.6) is 0 Å². The van der Waals surface area contributed by atoms with Crippen molar-refractivity contribution in [3.8, 4) is 11.3 Å². The van der Waals surface area contributed by atoms with Gasteiger partial charge in [0.05, 0.1) is 5.69 Å². The minimum absolute atomic E-state index is 0.177. The first kappa shape index (κ1) is 13.2. The molecule has 2 aromatic carbocycles. The van der Waals surface area contributed by atoms with E-state index in [0.717, 1.165) is 10.2 Å². The molecule has 0 aliphatic heterocycles. The van der Waals surface area contributed by atoms with Crippen molar-refractivity contribution in [1.82, 2.24) is 4.98 Å². The van der Waals surface area contributed by atoms with E-state index in [9.17, 15) is 0 Å². The predicted molar refractivity (Wildman–Crippen MR) is 91.7 cm³/mol. The summed E-state index contributed by atoms with van der Waals surface area (Å²) in [6.07, 6.45) is 2.42. The quantitative estimate of drug-likeness (QED) is 0.591. The summed E-state index contributed by atoms with van der Waals surface area (Å²) in [6.45, 7) is 0. The Morgan fingerprint density at radius 1 is 1.00 bits per heavy atom. The molecule has 1 nitrogen and oxygen atoms in total.